The Morgan fingerprint density at radius 1 is 1.39 bits per heavy atom. The van der Waals surface area contributed by atoms with Crippen LogP contribution in [-0.2, 0) is 4.74 Å². The van der Waals surface area contributed by atoms with Gasteiger partial charge in [0.15, 0.2) is 0 Å². The average Bonchev–Trinajstić information content (AvgIpc) is 3.23. The number of hydrogen-bond donors (Lipinski definition) is 2. The fraction of sp³-hybridized carbons (Fsp3) is 0.467. The maximum atomic E-state index is 13.7. The highest BCUT2D eigenvalue weighted by Crippen LogP contribution is 2.30. The van der Waals surface area contributed by atoms with E-state index >= 15 is 0 Å². The third-order valence-corrected chi connectivity index (χ3v) is 3.33. The van der Waals surface area contributed by atoms with Crippen molar-refractivity contribution in [1.82, 2.24) is 5.01 Å². The van der Waals surface area contributed by atoms with Crippen LogP contribution in [0.4, 0.5) is 14.9 Å². The monoisotopic (exact) mass is 343 g/mol. The second-order valence-corrected chi connectivity index (χ2v) is 6.79. The van der Waals surface area contributed by atoms with Gasteiger partial charge in [-0.15, -0.1) is 0 Å². The highest BCUT2D eigenvalue weighted by atomic mass is 35.5. The minimum atomic E-state index is -1.000. The number of imide groups is 1. The molecule has 2 rings (SSSR count). The molecule has 3 N–H and O–H groups in total. The zero-order valence-corrected chi connectivity index (χ0v) is 13.9. The number of hydrogen-bond acceptors (Lipinski definition) is 5. The maximum Gasteiger partial charge on any atom is 0.432 e. The highest BCUT2D eigenvalue weighted by Gasteiger charge is 2.29. The molecule has 0 spiro atoms. The smallest absolute Gasteiger partial charge is 0.432 e. The predicted octanol–water partition coefficient (Wildman–Crippen LogP) is 3.30. The molecular formula is C15H19ClFN3O3. The quantitative estimate of drug-likeness (QED) is 0.499. The van der Waals surface area contributed by atoms with Crippen LogP contribution in [0.3, 0.4) is 0 Å². The molecule has 1 saturated carbocycles. The van der Waals surface area contributed by atoms with Crippen molar-refractivity contribution in [2.75, 3.05) is 5.32 Å². The fourth-order valence-corrected chi connectivity index (χ4v) is 1.98. The third-order valence-electron chi connectivity index (χ3n) is 3.04. The average molecular weight is 344 g/mol. The molecule has 1 aliphatic carbocycles. The third kappa shape index (κ3) is 4.56. The first-order valence-electron chi connectivity index (χ1n) is 7.16. The van der Waals surface area contributed by atoms with Crippen molar-refractivity contribution >= 4 is 29.3 Å². The van der Waals surface area contributed by atoms with Crippen molar-refractivity contribution in [2.45, 2.75) is 45.3 Å². The molecule has 1 aromatic rings. The van der Waals surface area contributed by atoms with Crippen LogP contribution in [0, 0.1) is 5.82 Å². The van der Waals surface area contributed by atoms with E-state index in [0.29, 0.717) is 5.01 Å². The number of nitrogens with zero attached hydrogens (tertiary/aromatic N) is 1. The lowest BCUT2D eigenvalue weighted by Gasteiger charge is -2.23. The first kappa shape index (κ1) is 17.5. The van der Waals surface area contributed by atoms with Gasteiger partial charge in [0.25, 0.3) is 5.91 Å². The predicted molar refractivity (Wildman–Crippen MR) is 84.6 cm³/mol. The number of amides is 2. The van der Waals surface area contributed by atoms with Gasteiger partial charge in [-0.1, -0.05) is 11.6 Å². The second-order valence-electron chi connectivity index (χ2n) is 6.39. The summed E-state index contributed by atoms with van der Waals surface area (Å²) in [5.41, 5.74) is -0.542. The molecule has 8 heteroatoms. The van der Waals surface area contributed by atoms with E-state index in [1.165, 1.54) is 0 Å². The summed E-state index contributed by atoms with van der Waals surface area (Å²) in [6, 6.07) is 2.44. The van der Waals surface area contributed by atoms with Crippen molar-refractivity contribution in [2.24, 2.45) is 5.84 Å². The lowest BCUT2D eigenvalue weighted by Crippen LogP contribution is -2.45. The van der Waals surface area contributed by atoms with E-state index in [2.05, 4.69) is 5.32 Å². The van der Waals surface area contributed by atoms with Crippen LogP contribution >= 0.6 is 11.6 Å². The van der Waals surface area contributed by atoms with Crippen molar-refractivity contribution in [3.8, 4) is 0 Å². The lowest BCUT2D eigenvalue weighted by atomic mass is 10.1. The van der Waals surface area contributed by atoms with E-state index in [1.807, 2.05) is 0 Å². The van der Waals surface area contributed by atoms with Crippen molar-refractivity contribution < 1.29 is 18.7 Å². The second kappa shape index (κ2) is 6.33. The molecule has 0 unspecified atom stereocenters. The van der Waals surface area contributed by atoms with Gasteiger partial charge in [0.1, 0.15) is 11.4 Å². The van der Waals surface area contributed by atoms with Gasteiger partial charge < -0.3 is 10.1 Å². The van der Waals surface area contributed by atoms with Gasteiger partial charge >= 0.3 is 6.09 Å². The highest BCUT2D eigenvalue weighted by molar-refractivity contribution is 6.31. The first-order valence-corrected chi connectivity index (χ1v) is 7.54. The summed E-state index contributed by atoms with van der Waals surface area (Å²) in [4.78, 5) is 24.3. The maximum absolute atomic E-state index is 13.7. The van der Waals surface area contributed by atoms with Gasteiger partial charge in [-0.3, -0.25) is 4.79 Å². The van der Waals surface area contributed by atoms with E-state index < -0.39 is 23.4 Å². The Labute approximate surface area is 138 Å². The summed E-state index contributed by atoms with van der Waals surface area (Å²) in [5, 5.41) is 3.15. The molecular weight excluding hydrogens is 325 g/mol. The topological polar surface area (TPSA) is 84.7 Å². The number of hydrazine groups is 1. The van der Waals surface area contributed by atoms with Crippen LogP contribution in [0.1, 0.15) is 44.0 Å². The first-order chi connectivity index (χ1) is 10.6. The molecule has 0 radical (unpaired) electrons. The summed E-state index contributed by atoms with van der Waals surface area (Å²) in [6.07, 6.45) is 0.854. The van der Waals surface area contributed by atoms with Gasteiger partial charge in [0.05, 0.1) is 16.3 Å². The molecule has 2 amide bonds. The molecule has 126 valence electrons. The van der Waals surface area contributed by atoms with Crippen LogP contribution in [0.5, 0.6) is 0 Å². The van der Waals surface area contributed by atoms with E-state index in [-0.39, 0.29) is 22.3 Å². The van der Waals surface area contributed by atoms with Gasteiger partial charge in [-0.05, 0) is 45.7 Å². The van der Waals surface area contributed by atoms with E-state index in [9.17, 15) is 14.0 Å². The molecule has 6 nitrogen and oxygen atoms in total. The number of rotatable bonds is 3. The van der Waals surface area contributed by atoms with E-state index in [0.717, 1.165) is 25.0 Å². The van der Waals surface area contributed by atoms with E-state index in [4.69, 9.17) is 22.2 Å². The number of carbonyl (C=O) groups is 2. The van der Waals surface area contributed by atoms with Crippen molar-refractivity contribution in [3.63, 3.8) is 0 Å². The van der Waals surface area contributed by atoms with Crippen molar-refractivity contribution in [3.05, 3.63) is 28.5 Å². The number of anilines is 1. The minimum absolute atomic E-state index is 0.0108. The van der Waals surface area contributed by atoms with E-state index in [1.54, 1.807) is 20.8 Å². The molecule has 0 bridgehead atoms. The molecule has 23 heavy (non-hydrogen) atoms. The van der Waals surface area contributed by atoms with Crippen LogP contribution in [0.15, 0.2) is 12.1 Å². The zero-order chi connectivity index (χ0) is 17.4. The van der Waals surface area contributed by atoms with Gasteiger partial charge in [0, 0.05) is 6.04 Å². The standard InChI is InChI=1S/C15H19ClFN3O3/c1-15(2,3)23-14(22)20(18)13(21)9-6-10(16)11(17)7-12(9)19-8-4-5-8/h6-8,19H,4-5,18H2,1-3H3. The Balaban J connectivity index is 2.26. The van der Waals surface area contributed by atoms with Crippen LogP contribution in [0.2, 0.25) is 5.02 Å². The number of ether oxygens (including phenoxy) is 1. The summed E-state index contributed by atoms with van der Waals surface area (Å²) in [5.74, 6) is 4.06. The summed E-state index contributed by atoms with van der Waals surface area (Å²) >= 11 is 5.74. The zero-order valence-electron chi connectivity index (χ0n) is 13.2. The Hall–Kier alpha value is -1.86. The van der Waals surface area contributed by atoms with Crippen molar-refractivity contribution in [1.29, 1.82) is 0 Å². The van der Waals surface area contributed by atoms with Crippen LogP contribution < -0.4 is 11.2 Å². The summed E-state index contributed by atoms with van der Waals surface area (Å²) in [6.45, 7) is 4.95. The molecule has 0 aromatic heterocycles. The minimum Gasteiger partial charge on any atom is -0.442 e. The van der Waals surface area contributed by atoms with Gasteiger partial charge in [-0.25, -0.2) is 15.0 Å². The number of benzene rings is 1. The Kier molecular flexibility index (Phi) is 4.81. The van der Waals surface area contributed by atoms with Gasteiger partial charge in [-0.2, -0.15) is 5.01 Å². The van der Waals surface area contributed by atoms with Crippen LogP contribution in [-0.4, -0.2) is 28.7 Å². The van der Waals surface area contributed by atoms with Crippen LogP contribution in [0.25, 0.3) is 0 Å². The molecule has 1 aliphatic rings. The molecule has 1 fully saturated rings. The summed E-state index contributed by atoms with van der Waals surface area (Å²) < 4.78 is 18.7. The summed E-state index contributed by atoms with van der Waals surface area (Å²) in [7, 11) is 0. The Morgan fingerprint density at radius 2 is 2.00 bits per heavy atom. The molecule has 1 aromatic carbocycles. The normalized spacial score (nSPS) is 14.3. The molecule has 0 aliphatic heterocycles. The van der Waals surface area contributed by atoms with Gasteiger partial charge in [0.2, 0.25) is 0 Å². The lowest BCUT2D eigenvalue weighted by molar-refractivity contribution is 0.0240. The molecule has 0 atom stereocenters. The number of halogens is 2. The SMILES string of the molecule is CC(C)(C)OC(=O)N(N)C(=O)c1cc(Cl)c(F)cc1NC1CC1. The number of carbonyl (C=O) groups excluding carboxylic acids is 2. The fourth-order valence-electron chi connectivity index (χ4n) is 1.81. The Bertz CT molecular complexity index is 642. The number of nitrogens with one attached hydrogen (secondary N) is 1. The Morgan fingerprint density at radius 3 is 2.52 bits per heavy atom. The molecule has 0 heterocycles. The number of nitrogens with two attached hydrogens (primary N) is 1. The largest absolute Gasteiger partial charge is 0.442 e. The molecule has 0 saturated heterocycles.